The Kier molecular flexibility index (Phi) is 8.27. The first-order valence-corrected chi connectivity index (χ1v) is 7.87. The molecule has 8 heteroatoms. The number of hydrogen-bond acceptors (Lipinski definition) is 2. The molecule has 0 saturated carbocycles. The normalized spacial score (nSPS) is 11.2. The van der Waals surface area contributed by atoms with E-state index in [2.05, 4.69) is 20.7 Å². The third-order valence-electron chi connectivity index (χ3n) is 3.85. The van der Waals surface area contributed by atoms with Gasteiger partial charge in [-0.25, -0.2) is 13.8 Å². The minimum Gasteiger partial charge on any atom is -0.357 e. The van der Waals surface area contributed by atoms with Crippen LogP contribution in [0.25, 0.3) is 0 Å². The molecule has 2 aromatic rings. The molecule has 0 aliphatic rings. The van der Waals surface area contributed by atoms with Crippen molar-refractivity contribution in [3.63, 3.8) is 0 Å². The highest BCUT2D eigenvalue weighted by atomic mass is 127. The fourth-order valence-electron chi connectivity index (χ4n) is 2.42. The molecule has 1 aromatic carbocycles. The van der Waals surface area contributed by atoms with Gasteiger partial charge in [0, 0.05) is 37.0 Å². The molecule has 2 rings (SSSR count). The van der Waals surface area contributed by atoms with Gasteiger partial charge in [0.1, 0.15) is 11.6 Å². The lowest BCUT2D eigenvalue weighted by Gasteiger charge is -2.12. The summed E-state index contributed by atoms with van der Waals surface area (Å²) in [5.41, 5.74) is 3.35. The van der Waals surface area contributed by atoms with Crippen LogP contribution >= 0.6 is 24.0 Å². The minimum atomic E-state index is -0.471. The first-order valence-electron chi connectivity index (χ1n) is 7.87. The first kappa shape index (κ1) is 21.3. The molecule has 0 fully saturated rings. The monoisotopic (exact) mass is 463 g/mol. The number of aryl methyl sites for hydroxylation is 2. The lowest BCUT2D eigenvalue weighted by atomic mass is 10.2. The fraction of sp³-hybridized carbons (Fsp3) is 0.412. The number of halogens is 3. The minimum absolute atomic E-state index is 0. The molecule has 138 valence electrons. The largest absolute Gasteiger partial charge is 0.357 e. The van der Waals surface area contributed by atoms with Gasteiger partial charge in [-0.1, -0.05) is 0 Å². The Bertz CT molecular complexity index is 743. The van der Waals surface area contributed by atoms with Crippen molar-refractivity contribution >= 4 is 29.9 Å². The number of hydrogen-bond donors (Lipinski definition) is 2. The Balaban J connectivity index is 0.00000312. The van der Waals surface area contributed by atoms with Gasteiger partial charge in [0.15, 0.2) is 5.96 Å². The number of guanidine groups is 1. The van der Waals surface area contributed by atoms with Gasteiger partial charge < -0.3 is 10.6 Å². The van der Waals surface area contributed by atoms with Gasteiger partial charge in [-0.3, -0.25) is 4.68 Å². The lowest BCUT2D eigenvalue weighted by Crippen LogP contribution is -2.37. The summed E-state index contributed by atoms with van der Waals surface area (Å²) in [6.45, 7) is 7.19. The number of rotatable bonds is 5. The Labute approximate surface area is 163 Å². The Morgan fingerprint density at radius 2 is 1.96 bits per heavy atom. The van der Waals surface area contributed by atoms with Crippen LogP contribution < -0.4 is 10.6 Å². The van der Waals surface area contributed by atoms with E-state index >= 15 is 0 Å². The molecule has 0 unspecified atom stereocenters. The number of nitrogens with zero attached hydrogens (tertiary/aromatic N) is 3. The Hall–Kier alpha value is -1.71. The highest BCUT2D eigenvalue weighted by Gasteiger charge is 2.10. The molecular formula is C17H24F2IN5. The third-order valence-corrected chi connectivity index (χ3v) is 3.85. The fourth-order valence-corrected chi connectivity index (χ4v) is 2.42. The topological polar surface area (TPSA) is 54.2 Å². The summed E-state index contributed by atoms with van der Waals surface area (Å²) in [4.78, 5) is 4.33. The van der Waals surface area contributed by atoms with E-state index in [1.807, 2.05) is 32.5 Å². The summed E-state index contributed by atoms with van der Waals surface area (Å²) < 4.78 is 28.7. The molecule has 0 spiro atoms. The highest BCUT2D eigenvalue weighted by molar-refractivity contribution is 14.0. The Morgan fingerprint density at radius 3 is 2.56 bits per heavy atom. The smallest absolute Gasteiger partial charge is 0.191 e. The molecule has 25 heavy (non-hydrogen) atoms. The van der Waals surface area contributed by atoms with Crippen LogP contribution in [0.2, 0.25) is 0 Å². The van der Waals surface area contributed by atoms with Crippen molar-refractivity contribution in [1.29, 1.82) is 0 Å². The molecule has 0 atom stereocenters. The predicted octanol–water partition coefficient (Wildman–Crippen LogP) is 3.19. The first-order chi connectivity index (χ1) is 11.4. The average Bonchev–Trinajstić information content (AvgIpc) is 2.78. The lowest BCUT2D eigenvalue weighted by molar-refractivity contribution is 0.585. The zero-order valence-electron chi connectivity index (χ0n) is 14.9. The van der Waals surface area contributed by atoms with Crippen LogP contribution in [0.5, 0.6) is 0 Å². The molecule has 0 bridgehead atoms. The van der Waals surface area contributed by atoms with Crippen LogP contribution in [-0.4, -0.2) is 22.3 Å². The van der Waals surface area contributed by atoms with Crippen LogP contribution in [-0.2, 0) is 20.1 Å². The highest BCUT2D eigenvalue weighted by Crippen LogP contribution is 2.12. The van der Waals surface area contributed by atoms with Crippen molar-refractivity contribution in [2.24, 2.45) is 12.0 Å². The maximum absolute atomic E-state index is 13.7. The van der Waals surface area contributed by atoms with Gasteiger partial charge in [-0.2, -0.15) is 5.10 Å². The zero-order chi connectivity index (χ0) is 17.7. The third kappa shape index (κ3) is 5.65. The second-order valence-electron chi connectivity index (χ2n) is 5.56. The second-order valence-corrected chi connectivity index (χ2v) is 5.56. The van der Waals surface area contributed by atoms with E-state index < -0.39 is 11.6 Å². The molecule has 0 saturated heterocycles. The van der Waals surface area contributed by atoms with E-state index in [0.29, 0.717) is 19.0 Å². The maximum Gasteiger partial charge on any atom is 0.191 e. The van der Waals surface area contributed by atoms with Gasteiger partial charge in [0.05, 0.1) is 12.2 Å². The molecule has 0 amide bonds. The molecule has 0 radical (unpaired) electrons. The molecular weight excluding hydrogens is 439 g/mol. The molecule has 5 nitrogen and oxygen atoms in total. The van der Waals surface area contributed by atoms with Crippen LogP contribution in [0.15, 0.2) is 23.2 Å². The molecule has 0 aliphatic heterocycles. The van der Waals surface area contributed by atoms with E-state index in [-0.39, 0.29) is 36.1 Å². The van der Waals surface area contributed by atoms with Gasteiger partial charge in [0.2, 0.25) is 0 Å². The molecule has 1 heterocycles. The van der Waals surface area contributed by atoms with E-state index in [1.165, 1.54) is 0 Å². The van der Waals surface area contributed by atoms with Crippen LogP contribution in [0.3, 0.4) is 0 Å². The van der Waals surface area contributed by atoms with Gasteiger partial charge >= 0.3 is 0 Å². The van der Waals surface area contributed by atoms with Gasteiger partial charge in [0.25, 0.3) is 0 Å². The molecule has 1 aromatic heterocycles. The van der Waals surface area contributed by atoms with Crippen LogP contribution in [0, 0.1) is 25.5 Å². The second kappa shape index (κ2) is 9.69. The van der Waals surface area contributed by atoms with Crippen molar-refractivity contribution in [3.8, 4) is 0 Å². The van der Waals surface area contributed by atoms with Crippen molar-refractivity contribution in [1.82, 2.24) is 20.4 Å². The van der Waals surface area contributed by atoms with Crippen molar-refractivity contribution in [2.75, 3.05) is 6.54 Å². The summed E-state index contributed by atoms with van der Waals surface area (Å²) in [7, 11) is 1.90. The number of benzene rings is 1. The SMILES string of the molecule is CCNC(=NCc1cc(F)ccc1F)NCc1c(C)nn(C)c1C.I. The molecule has 0 aliphatic carbocycles. The number of aliphatic imine (C=N–C) groups is 1. The maximum atomic E-state index is 13.7. The summed E-state index contributed by atoms with van der Waals surface area (Å²) in [5, 5.41) is 10.7. The summed E-state index contributed by atoms with van der Waals surface area (Å²) >= 11 is 0. The van der Waals surface area contributed by atoms with E-state index in [0.717, 1.165) is 35.2 Å². The summed E-state index contributed by atoms with van der Waals surface area (Å²) in [5.74, 6) is -0.389. The average molecular weight is 463 g/mol. The van der Waals surface area contributed by atoms with Crippen LogP contribution in [0.1, 0.15) is 29.4 Å². The van der Waals surface area contributed by atoms with Gasteiger partial charge in [-0.15, -0.1) is 24.0 Å². The summed E-state index contributed by atoms with van der Waals surface area (Å²) in [6.07, 6.45) is 0. The number of aromatic nitrogens is 2. The van der Waals surface area contributed by atoms with E-state index in [4.69, 9.17) is 0 Å². The van der Waals surface area contributed by atoms with Crippen molar-refractivity contribution < 1.29 is 8.78 Å². The van der Waals surface area contributed by atoms with Gasteiger partial charge in [-0.05, 0) is 39.0 Å². The standard InChI is InChI=1S/C17H23F2N5.HI/c1-5-20-17(21-9-13-8-14(18)6-7-16(13)19)22-10-15-11(2)23-24(4)12(15)3;/h6-8H,5,9-10H2,1-4H3,(H2,20,21,22);1H. The Morgan fingerprint density at radius 1 is 1.24 bits per heavy atom. The predicted molar refractivity (Wildman–Crippen MR) is 106 cm³/mol. The van der Waals surface area contributed by atoms with Crippen molar-refractivity contribution in [2.45, 2.75) is 33.9 Å². The van der Waals surface area contributed by atoms with Crippen molar-refractivity contribution in [3.05, 3.63) is 52.3 Å². The zero-order valence-corrected chi connectivity index (χ0v) is 17.2. The van der Waals surface area contributed by atoms with E-state index in [1.54, 1.807) is 0 Å². The summed E-state index contributed by atoms with van der Waals surface area (Å²) in [6, 6.07) is 3.38. The quantitative estimate of drug-likeness (QED) is 0.407. The van der Waals surface area contributed by atoms with Crippen LogP contribution in [0.4, 0.5) is 8.78 Å². The number of nitrogens with one attached hydrogen (secondary N) is 2. The molecule has 2 N–H and O–H groups in total. The van der Waals surface area contributed by atoms with E-state index in [9.17, 15) is 8.78 Å².